The highest BCUT2D eigenvalue weighted by molar-refractivity contribution is 8.01. The molecule has 2 aromatic heterocycles. The Morgan fingerprint density at radius 1 is 0.978 bits per heavy atom. The zero-order valence-electron chi connectivity index (χ0n) is 25.4. The molecule has 45 heavy (non-hydrogen) atoms. The van der Waals surface area contributed by atoms with Crippen LogP contribution in [0.25, 0.3) is 10.6 Å². The minimum atomic E-state index is -0.681. The van der Waals surface area contributed by atoms with E-state index in [1.807, 2.05) is 54.6 Å². The van der Waals surface area contributed by atoms with Gasteiger partial charge in [-0.2, -0.15) is 4.68 Å². The maximum Gasteiger partial charge on any atom is 0.338 e. The highest BCUT2D eigenvalue weighted by Gasteiger charge is 2.38. The Labute approximate surface area is 269 Å². The van der Waals surface area contributed by atoms with E-state index in [-0.39, 0.29) is 12.0 Å². The third-order valence-electron chi connectivity index (χ3n) is 7.29. The molecule has 0 amide bonds. The molecule has 1 N–H and O–H groups in total. The number of benzene rings is 3. The lowest BCUT2D eigenvalue weighted by molar-refractivity contribution is -0.139. The number of aromatic nitrogens is 6. The summed E-state index contributed by atoms with van der Waals surface area (Å²) in [6.07, 6.45) is 0. The number of thioether (sulfide) groups is 1. The molecule has 1 aliphatic heterocycles. The molecule has 10 nitrogen and oxygen atoms in total. The second-order valence-electron chi connectivity index (χ2n) is 11.4. The molecule has 0 fully saturated rings. The van der Waals surface area contributed by atoms with Crippen LogP contribution in [0, 0.1) is 0 Å². The summed E-state index contributed by atoms with van der Waals surface area (Å²) in [5, 5.41) is 25.2. The van der Waals surface area contributed by atoms with E-state index in [4.69, 9.17) is 9.47 Å². The minimum Gasteiger partial charge on any atom is -0.489 e. The number of nitrogens with one attached hydrogen (secondary N) is 1. The van der Waals surface area contributed by atoms with Gasteiger partial charge >= 0.3 is 5.97 Å². The SMILES string of the molecule is CCOC(=O)C1=C(CSc2nnc(-c3ccccc3)s2)Nc2nnnn2C1c1ccccc1OCc1ccc(C(C)(C)C)cc1. The Kier molecular flexibility index (Phi) is 8.95. The van der Waals surface area contributed by atoms with Crippen LogP contribution in [-0.2, 0) is 21.6 Å². The Morgan fingerprint density at radius 2 is 1.73 bits per heavy atom. The Bertz CT molecular complexity index is 1810. The number of esters is 1. The van der Waals surface area contributed by atoms with E-state index >= 15 is 0 Å². The van der Waals surface area contributed by atoms with Crippen molar-refractivity contribution in [1.82, 2.24) is 30.4 Å². The third kappa shape index (κ3) is 6.76. The monoisotopic (exact) mass is 639 g/mol. The quantitative estimate of drug-likeness (QED) is 0.131. The van der Waals surface area contributed by atoms with Gasteiger partial charge in [0.2, 0.25) is 5.95 Å². The molecule has 5 aromatic rings. The zero-order chi connectivity index (χ0) is 31.4. The molecule has 12 heteroatoms. The van der Waals surface area contributed by atoms with Crippen molar-refractivity contribution < 1.29 is 14.3 Å². The fraction of sp³-hybridized carbons (Fsp3) is 0.273. The van der Waals surface area contributed by atoms with Gasteiger partial charge in [0, 0.05) is 22.6 Å². The maximum absolute atomic E-state index is 13.7. The summed E-state index contributed by atoms with van der Waals surface area (Å²) < 4.78 is 14.3. The Hall–Kier alpha value is -4.55. The summed E-state index contributed by atoms with van der Waals surface area (Å²) >= 11 is 2.97. The van der Waals surface area contributed by atoms with Crippen molar-refractivity contribution in [3.05, 3.63) is 107 Å². The molecule has 0 radical (unpaired) electrons. The molecule has 3 aromatic carbocycles. The molecule has 0 bridgehead atoms. The van der Waals surface area contributed by atoms with E-state index in [1.165, 1.54) is 28.7 Å². The van der Waals surface area contributed by atoms with E-state index in [9.17, 15) is 4.79 Å². The smallest absolute Gasteiger partial charge is 0.338 e. The molecular formula is C33H33N7O3S2. The van der Waals surface area contributed by atoms with E-state index in [2.05, 4.69) is 76.1 Å². The van der Waals surface area contributed by atoms with Crippen molar-refractivity contribution in [3.8, 4) is 16.3 Å². The summed E-state index contributed by atoms with van der Waals surface area (Å²) in [6, 6.07) is 25.3. The molecule has 6 rings (SSSR count). The van der Waals surface area contributed by atoms with Gasteiger partial charge < -0.3 is 14.8 Å². The van der Waals surface area contributed by atoms with Gasteiger partial charge in [-0.1, -0.05) is 122 Å². The fourth-order valence-electron chi connectivity index (χ4n) is 4.98. The van der Waals surface area contributed by atoms with Gasteiger partial charge in [0.25, 0.3) is 0 Å². The van der Waals surface area contributed by atoms with Gasteiger partial charge in [-0.15, -0.1) is 10.2 Å². The van der Waals surface area contributed by atoms with Gasteiger partial charge in [-0.05, 0) is 40.0 Å². The first-order valence-corrected chi connectivity index (χ1v) is 16.4. The molecule has 0 aliphatic carbocycles. The second kappa shape index (κ2) is 13.2. The zero-order valence-corrected chi connectivity index (χ0v) is 27.1. The molecule has 3 heterocycles. The number of tetrazole rings is 1. The van der Waals surface area contributed by atoms with Crippen molar-refractivity contribution in [1.29, 1.82) is 0 Å². The largest absolute Gasteiger partial charge is 0.489 e. The van der Waals surface area contributed by atoms with E-state index in [0.29, 0.717) is 35.3 Å². The lowest BCUT2D eigenvalue weighted by Crippen LogP contribution is -2.31. The summed E-state index contributed by atoms with van der Waals surface area (Å²) in [6.45, 7) is 8.94. The van der Waals surface area contributed by atoms with Crippen LogP contribution in [0.2, 0.25) is 0 Å². The molecular weight excluding hydrogens is 607 g/mol. The minimum absolute atomic E-state index is 0.0661. The fourth-order valence-corrected chi connectivity index (χ4v) is 6.81. The highest BCUT2D eigenvalue weighted by atomic mass is 32.2. The first-order valence-electron chi connectivity index (χ1n) is 14.6. The number of rotatable bonds is 10. The molecule has 230 valence electrons. The predicted molar refractivity (Wildman–Crippen MR) is 175 cm³/mol. The Balaban J connectivity index is 1.31. The van der Waals surface area contributed by atoms with Crippen LogP contribution in [0.5, 0.6) is 5.75 Å². The van der Waals surface area contributed by atoms with Gasteiger partial charge in [-0.25, -0.2) is 4.79 Å². The van der Waals surface area contributed by atoms with Crippen LogP contribution in [0.3, 0.4) is 0 Å². The predicted octanol–water partition coefficient (Wildman–Crippen LogP) is 6.69. The summed E-state index contributed by atoms with van der Waals surface area (Å²) in [5.41, 5.74) is 5.15. The van der Waals surface area contributed by atoms with Gasteiger partial charge in [0.05, 0.1) is 12.2 Å². The molecule has 0 saturated carbocycles. The average Bonchev–Trinajstić information content (AvgIpc) is 3.72. The van der Waals surface area contributed by atoms with Gasteiger partial charge in [0.1, 0.15) is 23.4 Å². The summed E-state index contributed by atoms with van der Waals surface area (Å²) in [5.74, 6) is 0.973. The normalized spacial score (nSPS) is 14.5. The number of anilines is 1. The van der Waals surface area contributed by atoms with Crippen molar-refractivity contribution >= 4 is 35.0 Å². The summed E-state index contributed by atoms with van der Waals surface area (Å²) in [7, 11) is 0. The number of hydrogen-bond acceptors (Lipinski definition) is 11. The number of nitrogens with zero attached hydrogens (tertiary/aromatic N) is 6. The first-order chi connectivity index (χ1) is 21.8. The lowest BCUT2D eigenvalue weighted by atomic mass is 9.87. The van der Waals surface area contributed by atoms with Crippen molar-refractivity contribution in [3.63, 3.8) is 0 Å². The number of fused-ring (bicyclic) bond motifs is 1. The Morgan fingerprint density at radius 3 is 2.49 bits per heavy atom. The molecule has 1 aliphatic rings. The standard InChI is InChI=1S/C33H33N7O3S2/c1-5-42-30(41)27-25(20-44-32-37-35-29(45-32)22-11-7-6-8-12-22)34-31-36-38-39-40(31)28(27)24-13-9-10-14-26(24)43-19-21-15-17-23(18-16-21)33(2,3)4/h6-18,28H,5,19-20H2,1-4H3,(H,34,36,39). The van der Waals surface area contributed by atoms with E-state index < -0.39 is 12.0 Å². The average molecular weight is 640 g/mol. The number of carbonyl (C=O) groups excluding carboxylic acids is 1. The van der Waals surface area contributed by atoms with Gasteiger partial charge in [-0.3, -0.25) is 0 Å². The van der Waals surface area contributed by atoms with Crippen LogP contribution in [0.4, 0.5) is 5.95 Å². The topological polar surface area (TPSA) is 117 Å². The number of hydrogen-bond donors (Lipinski definition) is 1. The second-order valence-corrected chi connectivity index (χ2v) is 13.6. The number of ether oxygens (including phenoxy) is 2. The summed E-state index contributed by atoms with van der Waals surface area (Å²) in [4.78, 5) is 13.7. The first kappa shape index (κ1) is 30.5. The molecule has 0 spiro atoms. The van der Waals surface area contributed by atoms with Crippen molar-refractivity contribution in [2.75, 3.05) is 17.7 Å². The van der Waals surface area contributed by atoms with E-state index in [0.717, 1.165) is 26.0 Å². The van der Waals surface area contributed by atoms with Crippen LogP contribution in [-0.4, -0.2) is 48.7 Å². The molecule has 0 saturated heterocycles. The van der Waals surface area contributed by atoms with Crippen LogP contribution in [0.1, 0.15) is 50.4 Å². The van der Waals surface area contributed by atoms with E-state index in [1.54, 1.807) is 11.6 Å². The van der Waals surface area contributed by atoms with Crippen molar-refractivity contribution in [2.45, 2.75) is 50.1 Å². The highest BCUT2D eigenvalue weighted by Crippen LogP contribution is 2.41. The number of carbonyl (C=O) groups is 1. The molecule has 1 atom stereocenters. The van der Waals surface area contributed by atoms with Crippen LogP contribution < -0.4 is 10.1 Å². The van der Waals surface area contributed by atoms with Crippen molar-refractivity contribution in [2.24, 2.45) is 0 Å². The third-order valence-corrected chi connectivity index (χ3v) is 9.42. The van der Waals surface area contributed by atoms with Crippen LogP contribution in [0.15, 0.2) is 94.5 Å². The van der Waals surface area contributed by atoms with Gasteiger partial charge in [0.15, 0.2) is 4.34 Å². The van der Waals surface area contributed by atoms with Crippen LogP contribution >= 0.6 is 23.1 Å². The number of para-hydroxylation sites is 1. The lowest BCUT2D eigenvalue weighted by Gasteiger charge is -2.29. The maximum atomic E-state index is 13.7. The molecule has 1 unspecified atom stereocenters.